The molecule has 0 spiro atoms. The number of carbonyl (C=O) groups is 4. The van der Waals surface area contributed by atoms with Gasteiger partial charge in [-0.1, -0.05) is 73.2 Å². The Kier molecular flexibility index (Phi) is 13.5. The third kappa shape index (κ3) is 9.57. The second-order valence-corrected chi connectivity index (χ2v) is 12.7. The average molecular weight is 767 g/mol. The maximum absolute atomic E-state index is 12.1. The first-order valence-corrected chi connectivity index (χ1v) is 16.2. The van der Waals surface area contributed by atoms with Crippen LogP contribution in [0.15, 0.2) is 47.7 Å². The van der Waals surface area contributed by atoms with Crippen LogP contribution in [0.4, 0.5) is 0 Å². The second kappa shape index (κ2) is 16.9. The number of fused-ring (bicyclic) bond motifs is 1. The highest BCUT2D eigenvalue weighted by Crippen LogP contribution is 2.30. The summed E-state index contributed by atoms with van der Waals surface area (Å²) in [6.07, 6.45) is 3.93. The Morgan fingerprint density at radius 2 is 1.62 bits per heavy atom. The van der Waals surface area contributed by atoms with Gasteiger partial charge in [0, 0.05) is 17.8 Å². The van der Waals surface area contributed by atoms with Crippen LogP contribution in [0.1, 0.15) is 65.2 Å². The number of ether oxygens (including phenoxy) is 1. The predicted octanol–water partition coefficient (Wildman–Crippen LogP) is 7.03. The Morgan fingerprint density at radius 1 is 0.940 bits per heavy atom. The lowest BCUT2D eigenvalue weighted by molar-refractivity contribution is -0.139. The summed E-state index contributed by atoms with van der Waals surface area (Å²) < 4.78 is 4.75. The van der Waals surface area contributed by atoms with Crippen LogP contribution in [0.5, 0.6) is 5.88 Å². The van der Waals surface area contributed by atoms with Crippen molar-refractivity contribution in [1.82, 2.24) is 20.3 Å². The second-order valence-electron chi connectivity index (χ2n) is 11.2. The number of rotatable bonds is 8. The van der Waals surface area contributed by atoms with Gasteiger partial charge < -0.3 is 25.4 Å². The van der Waals surface area contributed by atoms with Gasteiger partial charge in [-0.2, -0.15) is 4.98 Å². The summed E-state index contributed by atoms with van der Waals surface area (Å²) in [5.74, 6) is -3.32. The van der Waals surface area contributed by atoms with Crippen LogP contribution >= 0.6 is 46.4 Å². The number of benzene rings is 1. The Bertz CT molecular complexity index is 2010. The molecule has 0 saturated heterocycles. The Morgan fingerprint density at radius 3 is 2.18 bits per heavy atom. The molecule has 3 aromatic heterocycles. The molecule has 1 aromatic carbocycles. The number of hydrogen-bond donors (Lipinski definition) is 4. The smallest absolute Gasteiger partial charge is 0.341 e. The molecule has 5 rings (SSSR count). The van der Waals surface area contributed by atoms with E-state index in [0.717, 1.165) is 16.5 Å². The van der Waals surface area contributed by atoms with Gasteiger partial charge in [-0.3, -0.25) is 14.8 Å². The summed E-state index contributed by atoms with van der Waals surface area (Å²) in [6.45, 7) is 8.83. The minimum absolute atomic E-state index is 0.00167. The lowest BCUT2D eigenvalue weighted by Crippen LogP contribution is -2.41. The zero-order chi connectivity index (χ0) is 37.5. The number of aryl methyl sites for hydroxylation is 2. The van der Waals surface area contributed by atoms with Crippen LogP contribution in [0.3, 0.4) is 0 Å². The molecule has 13 nitrogen and oxygen atoms in total. The number of aliphatic carboxylic acids is 1. The number of halogens is 4. The van der Waals surface area contributed by atoms with Crippen molar-refractivity contribution in [2.24, 2.45) is 10.9 Å². The molecule has 4 heterocycles. The number of hydrogen-bond acceptors (Lipinski definition) is 9. The molecule has 1 amide bonds. The number of aliphatic imine (C=N–C) groups is 1. The number of aromatic nitrogens is 3. The van der Waals surface area contributed by atoms with Crippen molar-refractivity contribution in [2.45, 2.75) is 46.6 Å². The molecule has 1 aliphatic heterocycles. The number of amidine groups is 1. The average Bonchev–Trinajstić information content (AvgIpc) is 3.37. The fourth-order valence-corrected chi connectivity index (χ4v) is 5.03. The number of amides is 1. The van der Waals surface area contributed by atoms with Crippen molar-refractivity contribution >= 4 is 87.0 Å². The van der Waals surface area contributed by atoms with Gasteiger partial charge in [-0.25, -0.2) is 19.4 Å². The lowest BCUT2D eigenvalue weighted by atomic mass is 9.89. The number of nitrogens with zero attached hydrogens (tertiary/aromatic N) is 4. The van der Waals surface area contributed by atoms with Gasteiger partial charge in [0.15, 0.2) is 17.6 Å². The van der Waals surface area contributed by atoms with Crippen molar-refractivity contribution < 1.29 is 39.2 Å². The van der Waals surface area contributed by atoms with Gasteiger partial charge in [0.1, 0.15) is 21.8 Å². The molecule has 50 heavy (non-hydrogen) atoms. The van der Waals surface area contributed by atoms with Gasteiger partial charge in [-0.05, 0) is 61.6 Å². The molecule has 0 aliphatic carbocycles. The van der Waals surface area contributed by atoms with Crippen LogP contribution in [0.2, 0.25) is 20.2 Å². The zero-order valence-corrected chi connectivity index (χ0v) is 30.2. The maximum Gasteiger partial charge on any atom is 0.341 e. The highest BCUT2D eigenvalue weighted by atomic mass is 35.5. The molecular formula is C33H31Cl4N5O8. The SMILES string of the molecule is CCc1cnc(C2=NC(C)(C(C)C)C(=O)N2)c(C(=O)O)c1.Cc1cnc2c(C(=O)O)c(Cl)ccc2c1.O=C(O)COc1nc(Cl)c(Cl)cc1Cl. The zero-order valence-electron chi connectivity index (χ0n) is 27.2. The Balaban J connectivity index is 0.000000209. The third-order valence-corrected chi connectivity index (χ3v) is 8.57. The van der Waals surface area contributed by atoms with E-state index in [1.807, 2.05) is 33.8 Å². The third-order valence-electron chi connectivity index (χ3n) is 7.31. The molecule has 1 unspecified atom stereocenters. The Labute approximate surface area is 306 Å². The van der Waals surface area contributed by atoms with E-state index < -0.39 is 30.1 Å². The van der Waals surface area contributed by atoms with Gasteiger partial charge in [0.05, 0.1) is 21.1 Å². The summed E-state index contributed by atoms with van der Waals surface area (Å²) in [5, 5.41) is 30.7. The minimum atomic E-state index is -1.13. The molecule has 17 heteroatoms. The van der Waals surface area contributed by atoms with E-state index in [1.165, 1.54) is 6.07 Å². The fourth-order valence-electron chi connectivity index (χ4n) is 4.25. The van der Waals surface area contributed by atoms with Gasteiger partial charge in [0.25, 0.3) is 5.91 Å². The summed E-state index contributed by atoms with van der Waals surface area (Å²) in [4.78, 5) is 61.1. The first-order valence-electron chi connectivity index (χ1n) is 14.7. The Hall–Kier alpha value is -4.56. The first kappa shape index (κ1) is 39.9. The number of carbonyl (C=O) groups excluding carboxylic acids is 1. The normalized spacial score (nSPS) is 14.9. The summed E-state index contributed by atoms with van der Waals surface area (Å²) in [5.41, 5.74) is 1.68. The summed E-state index contributed by atoms with van der Waals surface area (Å²) in [7, 11) is 0. The van der Waals surface area contributed by atoms with E-state index in [1.54, 1.807) is 37.5 Å². The lowest BCUT2D eigenvalue weighted by Gasteiger charge is -2.21. The van der Waals surface area contributed by atoms with Crippen molar-refractivity contribution in [3.8, 4) is 5.88 Å². The van der Waals surface area contributed by atoms with Crippen LogP contribution in [-0.4, -0.2) is 72.1 Å². The van der Waals surface area contributed by atoms with Crippen molar-refractivity contribution in [3.05, 3.63) is 90.9 Å². The molecule has 0 bridgehead atoms. The van der Waals surface area contributed by atoms with Crippen LogP contribution in [-0.2, 0) is 16.0 Å². The van der Waals surface area contributed by atoms with Crippen LogP contribution < -0.4 is 10.1 Å². The summed E-state index contributed by atoms with van der Waals surface area (Å²) in [6, 6.07) is 8.13. The number of aromatic carboxylic acids is 2. The number of nitrogens with one attached hydrogen (secondary N) is 1. The number of carboxylic acid groups (broad SMARTS) is 3. The van der Waals surface area contributed by atoms with Crippen molar-refractivity contribution in [2.75, 3.05) is 6.61 Å². The molecule has 264 valence electrons. The predicted molar refractivity (Wildman–Crippen MR) is 189 cm³/mol. The van der Waals surface area contributed by atoms with Gasteiger partial charge in [0.2, 0.25) is 5.88 Å². The van der Waals surface area contributed by atoms with Crippen molar-refractivity contribution in [1.29, 1.82) is 0 Å². The fraction of sp³-hybridized carbons (Fsp3) is 0.273. The van der Waals surface area contributed by atoms with E-state index in [-0.39, 0.29) is 60.6 Å². The van der Waals surface area contributed by atoms with E-state index in [4.69, 9.17) is 61.4 Å². The molecule has 0 saturated carbocycles. The van der Waals surface area contributed by atoms with E-state index >= 15 is 0 Å². The monoisotopic (exact) mass is 765 g/mol. The molecular weight excluding hydrogens is 736 g/mol. The quantitative estimate of drug-likeness (QED) is 0.134. The molecule has 0 radical (unpaired) electrons. The van der Waals surface area contributed by atoms with Crippen LogP contribution in [0, 0.1) is 12.8 Å². The minimum Gasteiger partial charge on any atom is -0.479 e. The summed E-state index contributed by atoms with van der Waals surface area (Å²) >= 11 is 22.6. The van der Waals surface area contributed by atoms with Crippen molar-refractivity contribution in [3.63, 3.8) is 0 Å². The van der Waals surface area contributed by atoms with Gasteiger partial charge in [-0.15, -0.1) is 0 Å². The molecule has 0 fully saturated rings. The molecule has 4 N–H and O–H groups in total. The molecule has 1 aliphatic rings. The maximum atomic E-state index is 12.1. The van der Waals surface area contributed by atoms with Crippen LogP contribution in [0.25, 0.3) is 10.9 Å². The molecule has 1 atom stereocenters. The highest BCUT2D eigenvalue weighted by Gasteiger charge is 2.43. The van der Waals surface area contributed by atoms with E-state index in [0.29, 0.717) is 11.9 Å². The number of pyridine rings is 3. The molecule has 4 aromatic rings. The standard InChI is InChI=1S/C15H19N3O3.C11H8ClNO2.C7H4Cl3NO3/c1-5-9-6-10(13(19)20)11(16-7-9)12-17-14(21)15(4,18-12)8(2)3;1-6-4-7-2-3-8(12)9(11(14)15)10(7)13-5-6;8-3-1-4(9)7(11-6(3)10)14-2-5(12)13/h6-8H,5H2,1-4H3,(H,19,20)(H,17,18,21);2-5H,1H3,(H,14,15);1H,2H2,(H,12,13). The van der Waals surface area contributed by atoms with E-state index in [2.05, 4.69) is 25.3 Å². The largest absolute Gasteiger partial charge is 0.479 e. The van der Waals surface area contributed by atoms with E-state index in [9.17, 15) is 24.3 Å². The highest BCUT2D eigenvalue weighted by molar-refractivity contribution is 6.42. The number of carboxylic acids is 3. The first-order chi connectivity index (χ1) is 23.4. The topological polar surface area (TPSA) is 201 Å². The van der Waals surface area contributed by atoms with Gasteiger partial charge >= 0.3 is 17.9 Å².